The predicted molar refractivity (Wildman–Crippen MR) is 65.2 cm³/mol. The zero-order valence-corrected chi connectivity index (χ0v) is 10.9. The van der Waals surface area contributed by atoms with Gasteiger partial charge in [0.1, 0.15) is 5.82 Å². The number of hydrogen-bond acceptors (Lipinski definition) is 4. The molecule has 1 aromatic heterocycles. The molecule has 0 saturated heterocycles. The third kappa shape index (κ3) is 2.80. The molecular formula is C11H17N3O2S. The highest BCUT2D eigenvalue weighted by Gasteiger charge is 2.38. The Bertz CT molecular complexity index is 419. The van der Waals surface area contributed by atoms with Crippen LogP contribution in [0.25, 0.3) is 0 Å². The van der Waals surface area contributed by atoms with Crippen molar-refractivity contribution in [1.82, 2.24) is 14.8 Å². The van der Waals surface area contributed by atoms with Crippen molar-refractivity contribution in [3.63, 3.8) is 0 Å². The van der Waals surface area contributed by atoms with Gasteiger partial charge in [-0.2, -0.15) is 0 Å². The first-order chi connectivity index (χ1) is 8.13. The van der Waals surface area contributed by atoms with E-state index < -0.39 is 5.97 Å². The van der Waals surface area contributed by atoms with Gasteiger partial charge in [0.25, 0.3) is 0 Å². The maximum Gasteiger partial charge on any atom is 0.313 e. The first kappa shape index (κ1) is 12.4. The van der Waals surface area contributed by atoms with Gasteiger partial charge in [0.15, 0.2) is 5.16 Å². The highest BCUT2D eigenvalue weighted by molar-refractivity contribution is 7.99. The van der Waals surface area contributed by atoms with Gasteiger partial charge in [-0.15, -0.1) is 10.2 Å². The first-order valence-corrected chi connectivity index (χ1v) is 6.89. The molecule has 1 heterocycles. The lowest BCUT2D eigenvalue weighted by molar-refractivity contribution is -0.133. The number of thioether (sulfide) groups is 1. The van der Waals surface area contributed by atoms with Gasteiger partial charge in [-0.05, 0) is 18.8 Å². The fourth-order valence-electron chi connectivity index (χ4n) is 1.92. The molecule has 1 aliphatic carbocycles. The number of hydrogen-bond donors (Lipinski definition) is 1. The molecule has 0 aliphatic heterocycles. The average molecular weight is 255 g/mol. The van der Waals surface area contributed by atoms with Crippen molar-refractivity contribution in [3.8, 4) is 0 Å². The minimum atomic E-state index is -0.817. The van der Waals surface area contributed by atoms with Crippen molar-refractivity contribution in [3.05, 3.63) is 5.82 Å². The normalized spacial score (nSPS) is 22.7. The summed E-state index contributed by atoms with van der Waals surface area (Å²) < 4.78 is 2.09. The fraction of sp³-hybridized carbons (Fsp3) is 0.727. The van der Waals surface area contributed by atoms with Gasteiger partial charge < -0.3 is 9.67 Å². The van der Waals surface area contributed by atoms with Crippen LogP contribution in [0.3, 0.4) is 0 Å². The van der Waals surface area contributed by atoms with Crippen molar-refractivity contribution in [1.29, 1.82) is 0 Å². The lowest BCUT2D eigenvalue weighted by Crippen LogP contribution is -2.06. The Hall–Kier alpha value is -1.04. The smallest absolute Gasteiger partial charge is 0.313 e. The van der Waals surface area contributed by atoms with Gasteiger partial charge in [0, 0.05) is 12.5 Å². The SMILES string of the molecule is CCCn1c(SCC(=O)O)nnc1C1CC1C. The predicted octanol–water partition coefficient (Wildman–Crippen LogP) is 1.99. The topological polar surface area (TPSA) is 68.0 Å². The Morgan fingerprint density at radius 3 is 2.82 bits per heavy atom. The van der Waals surface area contributed by atoms with Crippen LogP contribution in [-0.4, -0.2) is 31.6 Å². The molecular weight excluding hydrogens is 238 g/mol. The second-order valence-corrected chi connectivity index (χ2v) is 5.44. The van der Waals surface area contributed by atoms with Crippen LogP contribution in [0.1, 0.15) is 38.4 Å². The molecule has 5 nitrogen and oxygen atoms in total. The summed E-state index contributed by atoms with van der Waals surface area (Å²) in [5.41, 5.74) is 0. The van der Waals surface area contributed by atoms with Gasteiger partial charge in [-0.1, -0.05) is 25.6 Å². The summed E-state index contributed by atoms with van der Waals surface area (Å²) in [6.45, 7) is 5.18. The van der Waals surface area contributed by atoms with Crippen molar-refractivity contribution in [2.45, 2.75) is 44.3 Å². The Labute approximate surface area is 105 Å². The summed E-state index contributed by atoms with van der Waals surface area (Å²) in [6, 6.07) is 0. The lowest BCUT2D eigenvalue weighted by Gasteiger charge is -2.07. The van der Waals surface area contributed by atoms with E-state index in [9.17, 15) is 4.79 Å². The third-order valence-corrected chi connectivity index (χ3v) is 3.91. The van der Waals surface area contributed by atoms with Crippen molar-refractivity contribution >= 4 is 17.7 Å². The first-order valence-electron chi connectivity index (χ1n) is 5.91. The summed E-state index contributed by atoms with van der Waals surface area (Å²) in [5, 5.41) is 17.8. The van der Waals surface area contributed by atoms with Crippen LogP contribution >= 0.6 is 11.8 Å². The Morgan fingerprint density at radius 1 is 1.59 bits per heavy atom. The fourth-order valence-corrected chi connectivity index (χ4v) is 2.61. The molecule has 1 fully saturated rings. The number of aliphatic carboxylic acids is 1. The molecule has 0 bridgehead atoms. The van der Waals surface area contributed by atoms with Gasteiger partial charge >= 0.3 is 5.97 Å². The maximum absolute atomic E-state index is 10.6. The molecule has 6 heteroatoms. The second-order valence-electron chi connectivity index (χ2n) is 4.49. The number of rotatable bonds is 6. The van der Waals surface area contributed by atoms with E-state index in [-0.39, 0.29) is 5.75 Å². The van der Waals surface area contributed by atoms with Crippen molar-refractivity contribution in [2.24, 2.45) is 5.92 Å². The minimum absolute atomic E-state index is 0.0437. The third-order valence-electron chi connectivity index (χ3n) is 2.96. The summed E-state index contributed by atoms with van der Waals surface area (Å²) in [7, 11) is 0. The number of carboxylic acids is 1. The highest BCUT2D eigenvalue weighted by Crippen LogP contribution is 2.46. The van der Waals surface area contributed by atoms with Gasteiger partial charge in [0.2, 0.25) is 0 Å². The van der Waals surface area contributed by atoms with Crippen molar-refractivity contribution in [2.75, 3.05) is 5.75 Å². The monoisotopic (exact) mass is 255 g/mol. The molecule has 1 saturated carbocycles. The molecule has 1 aromatic rings. The van der Waals surface area contributed by atoms with E-state index in [2.05, 4.69) is 28.6 Å². The van der Waals surface area contributed by atoms with Crippen LogP contribution in [0.5, 0.6) is 0 Å². The van der Waals surface area contributed by atoms with E-state index in [0.717, 1.165) is 23.9 Å². The van der Waals surface area contributed by atoms with E-state index in [4.69, 9.17) is 5.11 Å². The number of aromatic nitrogens is 3. The van der Waals surface area contributed by atoms with Crippen LogP contribution < -0.4 is 0 Å². The van der Waals surface area contributed by atoms with Crippen LogP contribution in [0.4, 0.5) is 0 Å². The Morgan fingerprint density at radius 2 is 2.29 bits per heavy atom. The quantitative estimate of drug-likeness (QED) is 0.787. The Balaban J connectivity index is 2.14. The van der Waals surface area contributed by atoms with Crippen LogP contribution in [0.15, 0.2) is 5.16 Å². The van der Waals surface area contributed by atoms with Crippen LogP contribution in [0.2, 0.25) is 0 Å². The van der Waals surface area contributed by atoms with E-state index in [0.29, 0.717) is 11.8 Å². The molecule has 94 valence electrons. The molecule has 0 radical (unpaired) electrons. The van der Waals surface area contributed by atoms with Gasteiger partial charge in [-0.3, -0.25) is 4.79 Å². The molecule has 0 amide bonds. The summed E-state index contributed by atoms with van der Waals surface area (Å²) in [5.74, 6) is 1.47. The maximum atomic E-state index is 10.6. The minimum Gasteiger partial charge on any atom is -0.481 e. The molecule has 0 spiro atoms. The molecule has 2 rings (SSSR count). The average Bonchev–Trinajstić information content (AvgIpc) is 2.86. The molecule has 2 atom stereocenters. The zero-order chi connectivity index (χ0) is 12.4. The highest BCUT2D eigenvalue weighted by atomic mass is 32.2. The van der Waals surface area contributed by atoms with Gasteiger partial charge in [-0.25, -0.2) is 0 Å². The summed E-state index contributed by atoms with van der Waals surface area (Å²) in [4.78, 5) is 10.6. The van der Waals surface area contributed by atoms with E-state index in [1.165, 1.54) is 18.2 Å². The second kappa shape index (κ2) is 5.08. The molecule has 17 heavy (non-hydrogen) atoms. The summed E-state index contributed by atoms with van der Waals surface area (Å²) in [6.07, 6.45) is 2.18. The number of carboxylic acid groups (broad SMARTS) is 1. The largest absolute Gasteiger partial charge is 0.481 e. The number of carbonyl (C=O) groups is 1. The van der Waals surface area contributed by atoms with Gasteiger partial charge in [0.05, 0.1) is 5.75 Å². The molecule has 1 N–H and O–H groups in total. The van der Waals surface area contributed by atoms with E-state index in [1.807, 2.05) is 0 Å². The van der Waals surface area contributed by atoms with Crippen molar-refractivity contribution < 1.29 is 9.90 Å². The van der Waals surface area contributed by atoms with E-state index in [1.54, 1.807) is 0 Å². The Kier molecular flexibility index (Phi) is 3.71. The zero-order valence-electron chi connectivity index (χ0n) is 10.1. The molecule has 1 aliphatic rings. The number of nitrogens with zero attached hydrogens (tertiary/aromatic N) is 3. The lowest BCUT2D eigenvalue weighted by atomic mass is 10.3. The van der Waals surface area contributed by atoms with E-state index >= 15 is 0 Å². The summed E-state index contributed by atoms with van der Waals surface area (Å²) >= 11 is 1.25. The molecule has 2 unspecified atom stereocenters. The van der Waals surface area contributed by atoms with Crippen LogP contribution in [-0.2, 0) is 11.3 Å². The standard InChI is InChI=1S/C11H17N3O2S/c1-3-4-14-10(8-5-7(8)2)12-13-11(14)17-6-9(15)16/h7-8H,3-6H2,1-2H3,(H,15,16). The molecule has 0 aromatic carbocycles. The van der Waals surface area contributed by atoms with Crippen LogP contribution in [0, 0.1) is 5.92 Å².